The minimum atomic E-state index is 0. The smallest absolute Gasteiger partial charge is 0.227 e. The molecule has 3 fully saturated rings. The van der Waals surface area contributed by atoms with Gasteiger partial charge >= 0.3 is 0 Å². The lowest BCUT2D eigenvalue weighted by Crippen LogP contribution is -2.49. The van der Waals surface area contributed by atoms with E-state index in [-0.39, 0.29) is 24.4 Å². The van der Waals surface area contributed by atoms with E-state index in [0.717, 1.165) is 38.3 Å². The largest absolute Gasteiger partial charge is 0.342 e. The Morgan fingerprint density at radius 1 is 1.04 bits per heavy atom. The number of likely N-dealkylation sites (tertiary alicyclic amines) is 1. The molecule has 1 aromatic rings. The van der Waals surface area contributed by atoms with Gasteiger partial charge in [0.1, 0.15) is 0 Å². The zero-order valence-corrected chi connectivity index (χ0v) is 15.1. The number of hydrogen-bond acceptors (Lipinski definition) is 2. The molecule has 1 saturated heterocycles. The van der Waals surface area contributed by atoms with E-state index in [1.54, 1.807) is 0 Å². The molecule has 0 spiro atoms. The quantitative estimate of drug-likeness (QED) is 0.911. The van der Waals surface area contributed by atoms with Crippen LogP contribution in [0.25, 0.3) is 0 Å². The lowest BCUT2D eigenvalue weighted by molar-refractivity contribution is -0.139. The predicted octanol–water partition coefficient (Wildman–Crippen LogP) is 3.26. The Morgan fingerprint density at radius 2 is 1.71 bits per heavy atom. The Kier molecular flexibility index (Phi) is 5.51. The van der Waals surface area contributed by atoms with Crippen LogP contribution in [0.3, 0.4) is 0 Å². The Morgan fingerprint density at radius 3 is 2.33 bits per heavy atom. The Bertz CT molecular complexity index is 554. The fraction of sp³-hybridized carbons (Fsp3) is 0.650. The molecule has 0 aromatic heterocycles. The molecule has 4 rings (SSSR count). The molecule has 4 unspecified atom stereocenters. The summed E-state index contributed by atoms with van der Waals surface area (Å²) in [6.45, 7) is 1.86. The number of piperidine rings is 1. The number of carbonyl (C=O) groups is 1. The molecule has 132 valence electrons. The number of rotatable bonds is 3. The number of amides is 1. The predicted molar refractivity (Wildman–Crippen MR) is 99.0 cm³/mol. The zero-order valence-electron chi connectivity index (χ0n) is 14.3. The van der Waals surface area contributed by atoms with Crippen LogP contribution >= 0.6 is 12.4 Å². The molecule has 1 aliphatic heterocycles. The normalized spacial score (nSPS) is 32.6. The number of fused-ring (bicyclic) bond motifs is 2. The number of carbonyl (C=O) groups excluding carboxylic acids is 1. The third-order valence-electron chi connectivity index (χ3n) is 6.56. The van der Waals surface area contributed by atoms with Gasteiger partial charge in [-0.1, -0.05) is 30.3 Å². The molecule has 2 aliphatic carbocycles. The molecule has 1 amide bonds. The van der Waals surface area contributed by atoms with Crippen molar-refractivity contribution in [2.45, 2.75) is 44.6 Å². The summed E-state index contributed by atoms with van der Waals surface area (Å²) < 4.78 is 0. The van der Waals surface area contributed by atoms with Crippen molar-refractivity contribution in [3.63, 3.8) is 0 Å². The first-order valence-electron chi connectivity index (χ1n) is 9.30. The van der Waals surface area contributed by atoms with E-state index in [9.17, 15) is 4.79 Å². The first kappa shape index (κ1) is 17.8. The van der Waals surface area contributed by atoms with Crippen LogP contribution in [0.1, 0.15) is 37.7 Å². The monoisotopic (exact) mass is 348 g/mol. The minimum absolute atomic E-state index is 0. The molecule has 3 nitrogen and oxygen atoms in total. The van der Waals surface area contributed by atoms with Crippen LogP contribution in [-0.2, 0) is 11.2 Å². The van der Waals surface area contributed by atoms with Gasteiger partial charge in [-0.05, 0) is 61.8 Å². The Hall–Kier alpha value is -1.06. The fourth-order valence-corrected chi connectivity index (χ4v) is 5.22. The van der Waals surface area contributed by atoms with E-state index in [4.69, 9.17) is 5.73 Å². The number of halogens is 1. The number of benzene rings is 1. The van der Waals surface area contributed by atoms with E-state index in [1.165, 1.54) is 24.8 Å². The highest BCUT2D eigenvalue weighted by Crippen LogP contribution is 2.48. The van der Waals surface area contributed by atoms with Crippen molar-refractivity contribution in [3.8, 4) is 0 Å². The van der Waals surface area contributed by atoms with Gasteiger partial charge in [-0.15, -0.1) is 12.4 Å². The van der Waals surface area contributed by atoms with Gasteiger partial charge in [0.2, 0.25) is 5.91 Å². The first-order valence-corrected chi connectivity index (χ1v) is 9.30. The molecular weight excluding hydrogens is 320 g/mol. The lowest BCUT2D eigenvalue weighted by atomic mass is 9.83. The third-order valence-corrected chi connectivity index (χ3v) is 6.56. The van der Waals surface area contributed by atoms with E-state index in [2.05, 4.69) is 35.2 Å². The lowest BCUT2D eigenvalue weighted by Gasteiger charge is -2.37. The molecule has 1 aromatic carbocycles. The van der Waals surface area contributed by atoms with E-state index < -0.39 is 0 Å². The molecule has 4 heteroatoms. The summed E-state index contributed by atoms with van der Waals surface area (Å²) in [5.41, 5.74) is 7.78. The van der Waals surface area contributed by atoms with Crippen LogP contribution in [0.5, 0.6) is 0 Å². The third kappa shape index (κ3) is 3.34. The molecular formula is C20H29ClN2O. The van der Waals surface area contributed by atoms with Crippen molar-refractivity contribution in [3.05, 3.63) is 35.9 Å². The summed E-state index contributed by atoms with van der Waals surface area (Å²) in [4.78, 5) is 15.0. The SMILES string of the molecule is Cl.NC1C2CCC(C2)C1C(=O)N1CCC(Cc2ccccc2)CC1. The van der Waals surface area contributed by atoms with Crippen LogP contribution < -0.4 is 5.73 Å². The van der Waals surface area contributed by atoms with Crippen molar-refractivity contribution < 1.29 is 4.79 Å². The van der Waals surface area contributed by atoms with E-state index in [1.807, 2.05) is 0 Å². The molecule has 0 radical (unpaired) electrons. The molecule has 24 heavy (non-hydrogen) atoms. The second-order valence-corrected chi connectivity index (χ2v) is 7.89. The molecule has 4 atom stereocenters. The van der Waals surface area contributed by atoms with Gasteiger partial charge in [0.25, 0.3) is 0 Å². The van der Waals surface area contributed by atoms with Crippen molar-refractivity contribution in [1.82, 2.24) is 4.90 Å². The molecule has 2 saturated carbocycles. The number of nitrogens with zero attached hydrogens (tertiary/aromatic N) is 1. The zero-order chi connectivity index (χ0) is 15.8. The maximum Gasteiger partial charge on any atom is 0.227 e. The minimum Gasteiger partial charge on any atom is -0.342 e. The van der Waals surface area contributed by atoms with Gasteiger partial charge in [-0.3, -0.25) is 4.79 Å². The fourth-order valence-electron chi connectivity index (χ4n) is 5.22. The second-order valence-electron chi connectivity index (χ2n) is 7.89. The van der Waals surface area contributed by atoms with Crippen molar-refractivity contribution >= 4 is 18.3 Å². The average Bonchev–Trinajstić information content (AvgIpc) is 3.17. The van der Waals surface area contributed by atoms with Gasteiger partial charge in [-0.25, -0.2) is 0 Å². The first-order chi connectivity index (χ1) is 11.2. The second kappa shape index (κ2) is 7.45. The van der Waals surface area contributed by atoms with E-state index >= 15 is 0 Å². The summed E-state index contributed by atoms with van der Waals surface area (Å²) >= 11 is 0. The van der Waals surface area contributed by atoms with Gasteiger partial charge in [0.15, 0.2) is 0 Å². The van der Waals surface area contributed by atoms with Crippen molar-refractivity contribution in [2.75, 3.05) is 13.1 Å². The van der Waals surface area contributed by atoms with Gasteiger partial charge < -0.3 is 10.6 Å². The summed E-state index contributed by atoms with van der Waals surface area (Å²) in [6, 6.07) is 10.9. The van der Waals surface area contributed by atoms with Crippen LogP contribution in [-0.4, -0.2) is 29.9 Å². The highest BCUT2D eigenvalue weighted by molar-refractivity contribution is 5.85. The van der Waals surface area contributed by atoms with Gasteiger partial charge in [0.05, 0.1) is 5.92 Å². The van der Waals surface area contributed by atoms with Crippen LogP contribution in [0, 0.1) is 23.7 Å². The molecule has 2 N–H and O–H groups in total. The Labute approximate surface area is 151 Å². The molecule has 2 bridgehead atoms. The van der Waals surface area contributed by atoms with Crippen LogP contribution in [0.4, 0.5) is 0 Å². The van der Waals surface area contributed by atoms with Crippen molar-refractivity contribution in [2.24, 2.45) is 29.4 Å². The van der Waals surface area contributed by atoms with Crippen LogP contribution in [0.2, 0.25) is 0 Å². The maximum atomic E-state index is 12.9. The summed E-state index contributed by atoms with van der Waals surface area (Å²) in [6.07, 6.45) is 7.08. The highest BCUT2D eigenvalue weighted by atomic mass is 35.5. The summed E-state index contributed by atoms with van der Waals surface area (Å²) in [5.74, 6) is 2.39. The number of nitrogens with two attached hydrogens (primary N) is 1. The average molecular weight is 349 g/mol. The van der Waals surface area contributed by atoms with Gasteiger partial charge in [0, 0.05) is 19.1 Å². The summed E-state index contributed by atoms with van der Waals surface area (Å²) in [5, 5.41) is 0. The topological polar surface area (TPSA) is 46.3 Å². The molecule has 1 heterocycles. The standard InChI is InChI=1S/C20H28N2O.ClH/c21-19-17-7-6-16(13-17)18(19)20(23)22-10-8-15(9-11-22)12-14-4-2-1-3-5-14;/h1-5,15-19H,6-13,21H2;1H. The number of hydrogen-bond donors (Lipinski definition) is 1. The van der Waals surface area contributed by atoms with Crippen LogP contribution in [0.15, 0.2) is 30.3 Å². The maximum absolute atomic E-state index is 12.9. The van der Waals surface area contributed by atoms with E-state index in [0.29, 0.717) is 17.7 Å². The van der Waals surface area contributed by atoms with Crippen molar-refractivity contribution in [1.29, 1.82) is 0 Å². The highest BCUT2D eigenvalue weighted by Gasteiger charge is 2.50. The molecule has 3 aliphatic rings. The Balaban J connectivity index is 0.00000169. The van der Waals surface area contributed by atoms with Gasteiger partial charge in [-0.2, -0.15) is 0 Å². The summed E-state index contributed by atoms with van der Waals surface area (Å²) in [7, 11) is 0.